The third kappa shape index (κ3) is 2.27. The summed E-state index contributed by atoms with van der Waals surface area (Å²) in [6.45, 7) is 0. The second-order valence-corrected chi connectivity index (χ2v) is 3.87. The van der Waals surface area contributed by atoms with E-state index in [1.807, 2.05) is 30.3 Å². The molecule has 0 spiro atoms. The van der Waals surface area contributed by atoms with Crippen LogP contribution in [0.4, 0.5) is 0 Å². The van der Waals surface area contributed by atoms with Crippen molar-refractivity contribution in [2.45, 2.75) is 0 Å². The first-order valence-electron chi connectivity index (χ1n) is 4.33. The van der Waals surface area contributed by atoms with Crippen molar-refractivity contribution in [3.05, 3.63) is 46.6 Å². The Hall–Kier alpha value is -1.55. The van der Waals surface area contributed by atoms with Crippen LogP contribution in [0, 0.1) is 0 Å². The second-order valence-electron chi connectivity index (χ2n) is 2.96. The minimum absolute atomic E-state index is 0.521. The van der Waals surface area contributed by atoms with Gasteiger partial charge in [0.05, 0.1) is 0 Å². The number of furan rings is 1. The number of nitrogens with zero attached hydrogens (tertiary/aromatic N) is 1. The topological polar surface area (TPSA) is 45.7 Å². The van der Waals surface area contributed by atoms with E-state index in [4.69, 9.17) is 9.62 Å². The van der Waals surface area contributed by atoms with Crippen LogP contribution in [0.2, 0.25) is 0 Å². The molecule has 0 amide bonds. The van der Waals surface area contributed by atoms with E-state index in [1.165, 1.54) is 6.21 Å². The zero-order valence-electron chi connectivity index (χ0n) is 7.72. The SMILES string of the molecule is O/N=C/c1ccc(-c2cccc(Br)c2)o1. The molecule has 0 saturated carbocycles. The maximum atomic E-state index is 8.35. The molecule has 2 aromatic rings. The van der Waals surface area contributed by atoms with Crippen LogP contribution in [-0.2, 0) is 0 Å². The van der Waals surface area contributed by atoms with Crippen LogP contribution < -0.4 is 0 Å². The van der Waals surface area contributed by atoms with Crippen LogP contribution in [0.1, 0.15) is 5.76 Å². The van der Waals surface area contributed by atoms with Gasteiger partial charge in [0, 0.05) is 10.0 Å². The predicted molar refractivity (Wildman–Crippen MR) is 61.2 cm³/mol. The lowest BCUT2D eigenvalue weighted by molar-refractivity contribution is 0.321. The Morgan fingerprint density at radius 1 is 1.27 bits per heavy atom. The van der Waals surface area contributed by atoms with Crippen LogP contribution >= 0.6 is 15.9 Å². The van der Waals surface area contributed by atoms with Crippen LogP contribution in [0.25, 0.3) is 11.3 Å². The first-order valence-corrected chi connectivity index (χ1v) is 5.12. The molecule has 0 aliphatic heterocycles. The van der Waals surface area contributed by atoms with Gasteiger partial charge in [-0.2, -0.15) is 0 Å². The first-order chi connectivity index (χ1) is 7.29. The van der Waals surface area contributed by atoms with Gasteiger partial charge >= 0.3 is 0 Å². The smallest absolute Gasteiger partial charge is 0.149 e. The van der Waals surface area contributed by atoms with Crippen molar-refractivity contribution in [3.63, 3.8) is 0 Å². The Kier molecular flexibility index (Phi) is 2.87. The van der Waals surface area contributed by atoms with Crippen LogP contribution in [0.15, 0.2) is 50.4 Å². The highest BCUT2D eigenvalue weighted by molar-refractivity contribution is 9.10. The highest BCUT2D eigenvalue weighted by Gasteiger charge is 2.03. The molecule has 1 aromatic carbocycles. The largest absolute Gasteiger partial charge is 0.455 e. The van der Waals surface area contributed by atoms with Gasteiger partial charge in [0.25, 0.3) is 0 Å². The number of oxime groups is 1. The molecule has 0 radical (unpaired) electrons. The minimum Gasteiger partial charge on any atom is -0.455 e. The highest BCUT2D eigenvalue weighted by atomic mass is 79.9. The lowest BCUT2D eigenvalue weighted by atomic mass is 10.2. The predicted octanol–water partition coefficient (Wildman–Crippen LogP) is 3.52. The lowest BCUT2D eigenvalue weighted by Gasteiger charge is -1.96. The molecule has 0 atom stereocenters. The summed E-state index contributed by atoms with van der Waals surface area (Å²) < 4.78 is 6.43. The van der Waals surface area contributed by atoms with E-state index in [2.05, 4.69) is 21.1 Å². The summed E-state index contributed by atoms with van der Waals surface area (Å²) in [6, 6.07) is 11.4. The van der Waals surface area contributed by atoms with E-state index in [0.717, 1.165) is 15.8 Å². The number of hydrogen-bond acceptors (Lipinski definition) is 3. The Morgan fingerprint density at radius 3 is 2.87 bits per heavy atom. The molecule has 1 N–H and O–H groups in total. The van der Waals surface area contributed by atoms with Crippen molar-refractivity contribution in [3.8, 4) is 11.3 Å². The Labute approximate surface area is 95.2 Å². The average Bonchev–Trinajstić information content (AvgIpc) is 2.67. The first kappa shape index (κ1) is 9.98. The fourth-order valence-corrected chi connectivity index (χ4v) is 1.68. The molecule has 0 fully saturated rings. The van der Waals surface area contributed by atoms with Crippen molar-refractivity contribution in [2.75, 3.05) is 0 Å². The van der Waals surface area contributed by atoms with Crippen LogP contribution in [-0.4, -0.2) is 11.4 Å². The maximum absolute atomic E-state index is 8.35. The minimum atomic E-state index is 0.521. The summed E-state index contributed by atoms with van der Waals surface area (Å²) in [5, 5.41) is 11.2. The number of hydrogen-bond donors (Lipinski definition) is 1. The zero-order chi connectivity index (χ0) is 10.7. The molecule has 3 nitrogen and oxygen atoms in total. The van der Waals surface area contributed by atoms with Gasteiger partial charge in [-0.1, -0.05) is 33.2 Å². The Morgan fingerprint density at radius 2 is 2.13 bits per heavy atom. The molecule has 0 aliphatic carbocycles. The molecular formula is C11H8BrNO2. The summed E-state index contributed by atoms with van der Waals surface area (Å²) in [4.78, 5) is 0. The third-order valence-electron chi connectivity index (χ3n) is 1.92. The van der Waals surface area contributed by atoms with Crippen LogP contribution in [0.3, 0.4) is 0 Å². The maximum Gasteiger partial charge on any atom is 0.149 e. The van der Waals surface area contributed by atoms with Gasteiger partial charge in [0.15, 0.2) is 0 Å². The fourth-order valence-electron chi connectivity index (χ4n) is 1.28. The average molecular weight is 266 g/mol. The van der Waals surface area contributed by atoms with E-state index in [1.54, 1.807) is 6.07 Å². The molecule has 0 saturated heterocycles. The van der Waals surface area contributed by atoms with E-state index in [0.29, 0.717) is 5.76 Å². The van der Waals surface area contributed by atoms with Crippen molar-refractivity contribution in [2.24, 2.45) is 5.16 Å². The fraction of sp³-hybridized carbons (Fsp3) is 0. The van der Waals surface area contributed by atoms with E-state index in [-0.39, 0.29) is 0 Å². The van der Waals surface area contributed by atoms with E-state index < -0.39 is 0 Å². The van der Waals surface area contributed by atoms with Crippen molar-refractivity contribution >= 4 is 22.1 Å². The summed E-state index contributed by atoms with van der Waals surface area (Å²) in [5.74, 6) is 1.26. The van der Waals surface area contributed by atoms with E-state index >= 15 is 0 Å². The van der Waals surface area contributed by atoms with Gasteiger partial charge in [-0.05, 0) is 24.3 Å². The molecule has 2 rings (SSSR count). The molecule has 0 unspecified atom stereocenters. The van der Waals surface area contributed by atoms with Crippen molar-refractivity contribution in [1.29, 1.82) is 0 Å². The normalized spacial score (nSPS) is 11.0. The van der Waals surface area contributed by atoms with Gasteiger partial charge in [-0.3, -0.25) is 0 Å². The third-order valence-corrected chi connectivity index (χ3v) is 2.41. The monoisotopic (exact) mass is 265 g/mol. The summed E-state index contributed by atoms with van der Waals surface area (Å²) in [7, 11) is 0. The molecule has 0 bridgehead atoms. The summed E-state index contributed by atoms with van der Waals surface area (Å²) in [5.41, 5.74) is 0.974. The van der Waals surface area contributed by atoms with Gasteiger partial charge in [0.2, 0.25) is 0 Å². The quantitative estimate of drug-likeness (QED) is 0.513. The summed E-state index contributed by atoms with van der Waals surface area (Å²) in [6.07, 6.45) is 1.25. The standard InChI is InChI=1S/C11H8BrNO2/c12-9-3-1-2-8(6-9)11-5-4-10(15-11)7-13-14/h1-7,14H/b13-7+. The Balaban J connectivity index is 2.37. The van der Waals surface area contributed by atoms with Gasteiger partial charge in [-0.15, -0.1) is 0 Å². The molecule has 15 heavy (non-hydrogen) atoms. The van der Waals surface area contributed by atoms with E-state index in [9.17, 15) is 0 Å². The highest BCUT2D eigenvalue weighted by Crippen LogP contribution is 2.24. The van der Waals surface area contributed by atoms with Gasteiger partial charge < -0.3 is 9.62 Å². The lowest BCUT2D eigenvalue weighted by Crippen LogP contribution is -1.74. The number of halogens is 1. The van der Waals surface area contributed by atoms with Crippen LogP contribution in [0.5, 0.6) is 0 Å². The molecular weight excluding hydrogens is 258 g/mol. The second kappa shape index (κ2) is 4.31. The molecule has 1 heterocycles. The summed E-state index contributed by atoms with van der Waals surface area (Å²) >= 11 is 3.39. The molecule has 76 valence electrons. The van der Waals surface area contributed by atoms with Crippen molar-refractivity contribution in [1.82, 2.24) is 0 Å². The molecule has 0 aliphatic rings. The van der Waals surface area contributed by atoms with Gasteiger partial charge in [-0.25, -0.2) is 0 Å². The number of benzene rings is 1. The number of rotatable bonds is 2. The van der Waals surface area contributed by atoms with Gasteiger partial charge in [0.1, 0.15) is 17.7 Å². The zero-order valence-corrected chi connectivity index (χ0v) is 9.31. The molecule has 1 aromatic heterocycles. The Bertz CT molecular complexity index is 491. The van der Waals surface area contributed by atoms with Crippen molar-refractivity contribution < 1.29 is 9.62 Å². The molecule has 4 heteroatoms.